The lowest BCUT2D eigenvalue weighted by molar-refractivity contribution is -0.114. The lowest BCUT2D eigenvalue weighted by atomic mass is 10.2. The second kappa shape index (κ2) is 7.51. The highest BCUT2D eigenvalue weighted by atomic mass is 35.5. The van der Waals surface area contributed by atoms with E-state index in [0.29, 0.717) is 0 Å². The van der Waals surface area contributed by atoms with Crippen LogP contribution < -0.4 is 9.62 Å². The number of hydrogen-bond acceptors (Lipinski definition) is 4. The standard InChI is InChI=1S/C16H13ClFN3O3S/c1-25(23,24)21(13-4-2-3-11(7-13)9-19)10-16(22)20-12-5-6-15(18)14(17)8-12/h2-8H,10H2,1H3,(H,20,22). The van der Waals surface area contributed by atoms with E-state index in [1.54, 1.807) is 0 Å². The van der Waals surface area contributed by atoms with Crippen molar-refractivity contribution in [2.45, 2.75) is 0 Å². The number of nitriles is 1. The number of halogens is 2. The molecule has 0 spiro atoms. The Balaban J connectivity index is 2.23. The zero-order chi connectivity index (χ0) is 18.6. The molecule has 9 heteroatoms. The van der Waals surface area contributed by atoms with Gasteiger partial charge in [0, 0.05) is 5.69 Å². The normalized spacial score (nSPS) is 10.8. The van der Waals surface area contributed by atoms with Crippen LogP contribution in [-0.2, 0) is 14.8 Å². The number of amides is 1. The Bertz CT molecular complexity index is 957. The first-order valence-electron chi connectivity index (χ1n) is 6.93. The molecule has 0 bridgehead atoms. The van der Waals surface area contributed by atoms with Gasteiger partial charge in [-0.1, -0.05) is 17.7 Å². The van der Waals surface area contributed by atoms with E-state index in [1.807, 2.05) is 6.07 Å². The second-order valence-corrected chi connectivity index (χ2v) is 7.42. The number of anilines is 2. The highest BCUT2D eigenvalue weighted by Crippen LogP contribution is 2.21. The summed E-state index contributed by atoms with van der Waals surface area (Å²) in [5.41, 5.74) is 0.682. The van der Waals surface area contributed by atoms with E-state index in [-0.39, 0.29) is 22.0 Å². The third kappa shape index (κ3) is 4.92. The van der Waals surface area contributed by atoms with E-state index in [1.165, 1.54) is 36.4 Å². The highest BCUT2D eigenvalue weighted by molar-refractivity contribution is 7.92. The number of nitrogens with one attached hydrogen (secondary N) is 1. The molecule has 0 aromatic heterocycles. The van der Waals surface area contributed by atoms with Gasteiger partial charge in [0.25, 0.3) is 0 Å². The van der Waals surface area contributed by atoms with Crippen LogP contribution in [0.25, 0.3) is 0 Å². The number of carbonyl (C=O) groups excluding carboxylic acids is 1. The van der Waals surface area contributed by atoms with Gasteiger partial charge in [-0.2, -0.15) is 5.26 Å². The Morgan fingerprint density at radius 3 is 2.64 bits per heavy atom. The van der Waals surface area contributed by atoms with Crippen molar-refractivity contribution in [1.82, 2.24) is 0 Å². The molecule has 0 saturated heterocycles. The molecule has 2 aromatic rings. The van der Waals surface area contributed by atoms with Gasteiger partial charge >= 0.3 is 0 Å². The van der Waals surface area contributed by atoms with Crippen molar-refractivity contribution in [3.8, 4) is 6.07 Å². The predicted molar refractivity (Wildman–Crippen MR) is 93.4 cm³/mol. The molecular weight excluding hydrogens is 369 g/mol. The van der Waals surface area contributed by atoms with Gasteiger partial charge in [-0.25, -0.2) is 12.8 Å². The van der Waals surface area contributed by atoms with Crippen molar-refractivity contribution in [2.24, 2.45) is 0 Å². The molecule has 0 radical (unpaired) electrons. The average Bonchev–Trinajstić information content (AvgIpc) is 2.55. The van der Waals surface area contributed by atoms with Crippen LogP contribution in [0.2, 0.25) is 5.02 Å². The molecule has 0 saturated carbocycles. The first kappa shape index (κ1) is 18.7. The van der Waals surface area contributed by atoms with Crippen LogP contribution in [0.15, 0.2) is 42.5 Å². The van der Waals surface area contributed by atoms with Gasteiger partial charge in [0.2, 0.25) is 15.9 Å². The molecule has 6 nitrogen and oxygen atoms in total. The minimum Gasteiger partial charge on any atom is -0.324 e. The van der Waals surface area contributed by atoms with Crippen LogP contribution in [0, 0.1) is 17.1 Å². The van der Waals surface area contributed by atoms with Gasteiger partial charge < -0.3 is 5.32 Å². The molecule has 0 unspecified atom stereocenters. The van der Waals surface area contributed by atoms with Gasteiger partial charge in [-0.05, 0) is 36.4 Å². The summed E-state index contributed by atoms with van der Waals surface area (Å²) < 4.78 is 38.0. The summed E-state index contributed by atoms with van der Waals surface area (Å²) in [6.07, 6.45) is 0.952. The zero-order valence-electron chi connectivity index (χ0n) is 13.0. The quantitative estimate of drug-likeness (QED) is 0.862. The van der Waals surface area contributed by atoms with Crippen molar-refractivity contribution < 1.29 is 17.6 Å². The van der Waals surface area contributed by atoms with E-state index in [4.69, 9.17) is 16.9 Å². The minimum atomic E-state index is -3.77. The van der Waals surface area contributed by atoms with Gasteiger partial charge in [0.15, 0.2) is 0 Å². The Morgan fingerprint density at radius 1 is 1.32 bits per heavy atom. The van der Waals surface area contributed by atoms with Crippen molar-refractivity contribution in [3.63, 3.8) is 0 Å². The summed E-state index contributed by atoms with van der Waals surface area (Å²) in [5, 5.41) is 11.2. The molecule has 1 amide bonds. The molecule has 0 aliphatic rings. The molecule has 2 aromatic carbocycles. The summed E-state index contributed by atoms with van der Waals surface area (Å²) in [6, 6.07) is 11.4. The first-order valence-corrected chi connectivity index (χ1v) is 9.16. The number of nitrogens with zero attached hydrogens (tertiary/aromatic N) is 2. The summed E-state index contributed by atoms with van der Waals surface area (Å²) in [4.78, 5) is 12.2. The molecular formula is C16H13ClFN3O3S. The van der Waals surface area contributed by atoms with Crippen molar-refractivity contribution in [3.05, 3.63) is 58.9 Å². The number of rotatable bonds is 5. The van der Waals surface area contributed by atoms with Crippen LogP contribution >= 0.6 is 11.6 Å². The molecule has 0 aliphatic carbocycles. The Hall–Kier alpha value is -2.63. The average molecular weight is 382 g/mol. The van der Waals surface area contributed by atoms with Crippen molar-refractivity contribution in [2.75, 3.05) is 22.4 Å². The number of carbonyl (C=O) groups is 1. The first-order chi connectivity index (χ1) is 11.7. The molecule has 0 atom stereocenters. The Morgan fingerprint density at radius 2 is 2.04 bits per heavy atom. The van der Waals surface area contributed by atoms with E-state index in [0.717, 1.165) is 16.6 Å². The highest BCUT2D eigenvalue weighted by Gasteiger charge is 2.21. The molecule has 0 heterocycles. The predicted octanol–water partition coefficient (Wildman–Crippen LogP) is 2.76. The summed E-state index contributed by atoms with van der Waals surface area (Å²) in [5.74, 6) is -1.28. The molecule has 2 rings (SSSR count). The van der Waals surface area contributed by atoms with E-state index in [9.17, 15) is 17.6 Å². The van der Waals surface area contributed by atoms with Crippen LogP contribution in [0.4, 0.5) is 15.8 Å². The molecule has 1 N–H and O–H groups in total. The SMILES string of the molecule is CS(=O)(=O)N(CC(=O)Nc1ccc(F)c(Cl)c1)c1cccc(C#N)c1. The number of hydrogen-bond donors (Lipinski definition) is 1. The van der Waals surface area contributed by atoms with Crippen molar-refractivity contribution >= 4 is 38.9 Å². The van der Waals surface area contributed by atoms with Gasteiger partial charge in [0.05, 0.1) is 28.6 Å². The second-order valence-electron chi connectivity index (χ2n) is 5.11. The Labute approximate surface area is 149 Å². The van der Waals surface area contributed by atoms with Gasteiger partial charge in [-0.15, -0.1) is 0 Å². The number of sulfonamides is 1. The summed E-state index contributed by atoms with van der Waals surface area (Å²) in [6.45, 7) is -0.511. The molecule has 0 aliphatic heterocycles. The fraction of sp³-hybridized carbons (Fsp3) is 0.125. The molecule has 0 fully saturated rings. The van der Waals surface area contributed by atoms with E-state index < -0.39 is 28.3 Å². The third-order valence-electron chi connectivity index (χ3n) is 3.15. The van der Waals surface area contributed by atoms with Crippen LogP contribution in [0.5, 0.6) is 0 Å². The fourth-order valence-corrected chi connectivity index (χ4v) is 3.06. The summed E-state index contributed by atoms with van der Waals surface area (Å²) in [7, 11) is -3.77. The molecule has 25 heavy (non-hydrogen) atoms. The minimum absolute atomic E-state index is 0.167. The van der Waals surface area contributed by atoms with Crippen LogP contribution in [0.1, 0.15) is 5.56 Å². The van der Waals surface area contributed by atoms with Crippen molar-refractivity contribution in [1.29, 1.82) is 5.26 Å². The van der Waals surface area contributed by atoms with E-state index in [2.05, 4.69) is 5.32 Å². The maximum absolute atomic E-state index is 13.1. The Kier molecular flexibility index (Phi) is 5.62. The van der Waals surface area contributed by atoms with E-state index >= 15 is 0 Å². The zero-order valence-corrected chi connectivity index (χ0v) is 14.6. The van der Waals surface area contributed by atoms with Crippen LogP contribution in [0.3, 0.4) is 0 Å². The monoisotopic (exact) mass is 381 g/mol. The largest absolute Gasteiger partial charge is 0.324 e. The van der Waals surface area contributed by atoms with Gasteiger partial charge in [-0.3, -0.25) is 9.10 Å². The third-order valence-corrected chi connectivity index (χ3v) is 4.58. The molecule has 130 valence electrons. The smallest absolute Gasteiger partial charge is 0.245 e. The summed E-state index contributed by atoms with van der Waals surface area (Å²) >= 11 is 5.64. The lowest BCUT2D eigenvalue weighted by Gasteiger charge is -2.22. The lowest BCUT2D eigenvalue weighted by Crippen LogP contribution is -2.37. The number of benzene rings is 2. The topological polar surface area (TPSA) is 90.3 Å². The fourth-order valence-electron chi connectivity index (χ4n) is 2.04. The van der Waals surface area contributed by atoms with Crippen LogP contribution in [-0.4, -0.2) is 27.1 Å². The maximum Gasteiger partial charge on any atom is 0.245 e. The maximum atomic E-state index is 13.1. The van der Waals surface area contributed by atoms with Gasteiger partial charge in [0.1, 0.15) is 12.4 Å².